The van der Waals surface area contributed by atoms with Crippen LogP contribution >= 0.6 is 0 Å². The standard InChI is InChI=1S/C24H26FN5O4/c1-33-20-8-6-18(7-9-20)10-28-11-21(34-15-19-4-2-3-5-22(19)25)12-29(13-23(28)31)24(32)14-30-17-26-16-27-30/h2-9,16-17,21H,10-15H2,1H3/t21-/m0/s1. The Kier molecular flexibility index (Phi) is 7.48. The van der Waals surface area contributed by atoms with E-state index in [0.717, 1.165) is 11.3 Å². The van der Waals surface area contributed by atoms with E-state index in [2.05, 4.69) is 10.1 Å². The Bertz CT molecular complexity index is 1110. The average Bonchev–Trinajstić information content (AvgIpc) is 3.30. The molecule has 0 saturated carbocycles. The van der Waals surface area contributed by atoms with Crippen molar-refractivity contribution in [3.63, 3.8) is 0 Å². The van der Waals surface area contributed by atoms with Crippen molar-refractivity contribution in [3.8, 4) is 5.75 Å². The Morgan fingerprint density at radius 2 is 1.94 bits per heavy atom. The van der Waals surface area contributed by atoms with E-state index in [0.29, 0.717) is 12.1 Å². The molecule has 2 amide bonds. The van der Waals surface area contributed by atoms with E-state index in [1.165, 1.54) is 28.3 Å². The Hall–Kier alpha value is -3.79. The van der Waals surface area contributed by atoms with Gasteiger partial charge in [-0.05, 0) is 23.8 Å². The van der Waals surface area contributed by atoms with Gasteiger partial charge in [0.2, 0.25) is 11.8 Å². The fourth-order valence-electron chi connectivity index (χ4n) is 3.75. The Morgan fingerprint density at radius 3 is 2.65 bits per heavy atom. The number of hydrogen-bond donors (Lipinski definition) is 0. The highest BCUT2D eigenvalue weighted by Gasteiger charge is 2.31. The fraction of sp³-hybridized carbons (Fsp3) is 0.333. The molecule has 9 nitrogen and oxygen atoms in total. The molecule has 1 aliphatic heterocycles. The molecular formula is C24H26FN5O4. The van der Waals surface area contributed by atoms with E-state index in [1.54, 1.807) is 30.2 Å². The highest BCUT2D eigenvalue weighted by molar-refractivity contribution is 5.85. The summed E-state index contributed by atoms with van der Waals surface area (Å²) in [4.78, 5) is 33.0. The molecule has 3 aromatic rings. The molecule has 0 aliphatic carbocycles. The minimum absolute atomic E-state index is 0.0347. The maximum atomic E-state index is 14.1. The van der Waals surface area contributed by atoms with Crippen molar-refractivity contribution >= 4 is 11.8 Å². The van der Waals surface area contributed by atoms with E-state index in [9.17, 15) is 14.0 Å². The molecule has 4 rings (SSSR count). The third kappa shape index (κ3) is 5.96. The maximum absolute atomic E-state index is 14.1. The molecule has 1 aromatic heterocycles. The highest BCUT2D eigenvalue weighted by atomic mass is 19.1. The predicted octanol–water partition coefficient (Wildman–Crippen LogP) is 1.88. The molecule has 0 unspecified atom stereocenters. The first-order valence-electron chi connectivity index (χ1n) is 10.9. The van der Waals surface area contributed by atoms with E-state index in [1.807, 2.05) is 24.3 Å². The number of methoxy groups -OCH3 is 1. The Morgan fingerprint density at radius 1 is 1.15 bits per heavy atom. The summed E-state index contributed by atoms with van der Waals surface area (Å²) in [6.45, 7) is 0.745. The van der Waals surface area contributed by atoms with Crippen molar-refractivity contribution in [2.75, 3.05) is 26.7 Å². The number of rotatable bonds is 8. The first-order chi connectivity index (χ1) is 16.5. The Balaban J connectivity index is 1.50. The lowest BCUT2D eigenvalue weighted by Crippen LogP contribution is -2.41. The van der Waals surface area contributed by atoms with E-state index in [4.69, 9.17) is 9.47 Å². The number of hydrogen-bond acceptors (Lipinski definition) is 6. The van der Waals surface area contributed by atoms with Crippen LogP contribution in [0.2, 0.25) is 0 Å². The SMILES string of the molecule is COc1ccc(CN2C[C@H](OCc3ccccc3F)CN(C(=O)Cn3cncn3)CC2=O)cc1. The van der Waals surface area contributed by atoms with Crippen molar-refractivity contribution < 1.29 is 23.5 Å². The minimum Gasteiger partial charge on any atom is -0.497 e. The van der Waals surface area contributed by atoms with Gasteiger partial charge in [0.15, 0.2) is 0 Å². The van der Waals surface area contributed by atoms with Gasteiger partial charge >= 0.3 is 0 Å². The van der Waals surface area contributed by atoms with Gasteiger partial charge < -0.3 is 19.3 Å². The summed E-state index contributed by atoms with van der Waals surface area (Å²) in [6, 6.07) is 13.8. The molecule has 1 aliphatic rings. The molecule has 0 radical (unpaired) electrons. The van der Waals surface area contributed by atoms with Gasteiger partial charge in [-0.2, -0.15) is 5.10 Å². The van der Waals surface area contributed by atoms with Gasteiger partial charge in [0.1, 0.15) is 30.8 Å². The molecule has 10 heteroatoms. The monoisotopic (exact) mass is 467 g/mol. The molecule has 2 aromatic carbocycles. The second-order valence-electron chi connectivity index (χ2n) is 8.01. The van der Waals surface area contributed by atoms with Crippen LogP contribution < -0.4 is 4.74 Å². The van der Waals surface area contributed by atoms with Crippen LogP contribution in [0.4, 0.5) is 4.39 Å². The molecule has 1 fully saturated rings. The van der Waals surface area contributed by atoms with Crippen molar-refractivity contribution in [2.45, 2.75) is 25.8 Å². The van der Waals surface area contributed by atoms with Crippen LogP contribution in [0.3, 0.4) is 0 Å². The van der Waals surface area contributed by atoms with Crippen molar-refractivity contribution in [3.05, 3.63) is 78.1 Å². The first kappa shape index (κ1) is 23.4. The zero-order valence-corrected chi connectivity index (χ0v) is 18.8. The average molecular weight is 468 g/mol. The summed E-state index contributed by atoms with van der Waals surface area (Å²) in [5.41, 5.74) is 1.34. The first-order valence-corrected chi connectivity index (χ1v) is 10.9. The fourth-order valence-corrected chi connectivity index (χ4v) is 3.75. The van der Waals surface area contributed by atoms with Gasteiger partial charge in [0.25, 0.3) is 0 Å². The highest BCUT2D eigenvalue weighted by Crippen LogP contribution is 2.17. The number of carbonyl (C=O) groups is 2. The number of benzene rings is 2. The zero-order valence-electron chi connectivity index (χ0n) is 18.8. The summed E-state index contributed by atoms with van der Waals surface area (Å²) < 4.78 is 26.7. The van der Waals surface area contributed by atoms with Crippen molar-refractivity contribution in [1.29, 1.82) is 0 Å². The van der Waals surface area contributed by atoms with Crippen LogP contribution in [0, 0.1) is 5.82 Å². The largest absolute Gasteiger partial charge is 0.497 e. The molecule has 2 heterocycles. The molecule has 0 spiro atoms. The number of aromatic nitrogens is 3. The summed E-state index contributed by atoms with van der Waals surface area (Å²) in [5.74, 6) is -0.104. The molecule has 1 saturated heterocycles. The number of carbonyl (C=O) groups excluding carboxylic acids is 2. The predicted molar refractivity (Wildman–Crippen MR) is 120 cm³/mol. The van der Waals surface area contributed by atoms with Gasteiger partial charge in [0.05, 0.1) is 26.4 Å². The van der Waals surface area contributed by atoms with Crippen molar-refractivity contribution in [2.24, 2.45) is 0 Å². The van der Waals surface area contributed by atoms with Crippen LogP contribution in [-0.2, 0) is 34.0 Å². The van der Waals surface area contributed by atoms with E-state index in [-0.39, 0.29) is 50.4 Å². The second kappa shape index (κ2) is 10.9. The number of halogens is 1. The normalized spacial score (nSPS) is 16.4. The summed E-state index contributed by atoms with van der Waals surface area (Å²) in [7, 11) is 1.59. The van der Waals surface area contributed by atoms with Crippen LogP contribution in [0.15, 0.2) is 61.2 Å². The lowest BCUT2D eigenvalue weighted by Gasteiger charge is -2.25. The van der Waals surface area contributed by atoms with Gasteiger partial charge in [-0.3, -0.25) is 9.59 Å². The molecule has 0 N–H and O–H groups in total. The lowest BCUT2D eigenvalue weighted by molar-refractivity contribution is -0.139. The van der Waals surface area contributed by atoms with Crippen LogP contribution in [0.25, 0.3) is 0 Å². The van der Waals surface area contributed by atoms with Gasteiger partial charge in [-0.1, -0.05) is 30.3 Å². The lowest BCUT2D eigenvalue weighted by atomic mass is 10.2. The Labute approximate surface area is 196 Å². The maximum Gasteiger partial charge on any atom is 0.244 e. The number of nitrogens with zero attached hydrogens (tertiary/aromatic N) is 5. The van der Waals surface area contributed by atoms with Crippen molar-refractivity contribution in [1.82, 2.24) is 24.6 Å². The van der Waals surface area contributed by atoms with E-state index < -0.39 is 6.10 Å². The van der Waals surface area contributed by atoms with Gasteiger partial charge in [-0.15, -0.1) is 0 Å². The minimum atomic E-state index is -0.496. The van der Waals surface area contributed by atoms with Gasteiger partial charge in [-0.25, -0.2) is 14.1 Å². The third-order valence-corrected chi connectivity index (χ3v) is 5.61. The summed E-state index contributed by atoms with van der Waals surface area (Å²) >= 11 is 0. The molecule has 178 valence electrons. The second-order valence-corrected chi connectivity index (χ2v) is 8.01. The molecule has 34 heavy (non-hydrogen) atoms. The van der Waals surface area contributed by atoms with Crippen LogP contribution in [-0.4, -0.2) is 69.2 Å². The van der Waals surface area contributed by atoms with Crippen LogP contribution in [0.5, 0.6) is 5.75 Å². The van der Waals surface area contributed by atoms with E-state index >= 15 is 0 Å². The van der Waals surface area contributed by atoms with Crippen LogP contribution in [0.1, 0.15) is 11.1 Å². The molecule has 1 atom stereocenters. The number of ether oxygens (including phenoxy) is 2. The summed E-state index contributed by atoms with van der Waals surface area (Å²) in [6.07, 6.45) is 2.29. The molecule has 0 bridgehead atoms. The smallest absolute Gasteiger partial charge is 0.244 e. The molecular weight excluding hydrogens is 441 g/mol. The number of amides is 2. The quantitative estimate of drug-likeness (QED) is 0.503. The zero-order chi connectivity index (χ0) is 23.9. The topological polar surface area (TPSA) is 89.8 Å². The third-order valence-electron chi connectivity index (χ3n) is 5.61. The van der Waals surface area contributed by atoms with Gasteiger partial charge in [0, 0.05) is 25.2 Å². The summed E-state index contributed by atoms with van der Waals surface area (Å²) in [5, 5.41) is 3.96.